The zero-order valence-electron chi connectivity index (χ0n) is 15.0. The van der Waals surface area contributed by atoms with Gasteiger partial charge in [0.2, 0.25) is 0 Å². The Bertz CT molecular complexity index is 819. The van der Waals surface area contributed by atoms with Gasteiger partial charge in [0.25, 0.3) is 0 Å². The van der Waals surface area contributed by atoms with Crippen molar-refractivity contribution in [2.75, 3.05) is 6.73 Å². The van der Waals surface area contributed by atoms with Crippen molar-refractivity contribution in [1.29, 1.82) is 0 Å². The van der Waals surface area contributed by atoms with Crippen LogP contribution in [0.3, 0.4) is 0 Å². The molecule has 3 rings (SSSR count). The van der Waals surface area contributed by atoms with Gasteiger partial charge in [-0.3, -0.25) is 0 Å². The van der Waals surface area contributed by atoms with E-state index in [1.54, 1.807) is 12.1 Å². The third-order valence-corrected chi connectivity index (χ3v) is 4.73. The normalized spacial score (nSPS) is 17.9. The van der Waals surface area contributed by atoms with E-state index < -0.39 is 0 Å². The highest BCUT2D eigenvalue weighted by atomic mass is 19.1. The molecule has 1 atom stereocenters. The Morgan fingerprint density at radius 3 is 2.32 bits per heavy atom. The van der Waals surface area contributed by atoms with Crippen molar-refractivity contribution >= 4 is 11.3 Å². The van der Waals surface area contributed by atoms with Crippen LogP contribution in [0.5, 0.6) is 0 Å². The topological polar surface area (TPSA) is 23.5 Å². The largest absolute Gasteiger partial charge is 0.376 e. The molecule has 0 saturated carbocycles. The fourth-order valence-electron chi connectivity index (χ4n) is 3.81. The molecule has 1 aliphatic rings. The van der Waals surface area contributed by atoms with Crippen molar-refractivity contribution in [2.24, 2.45) is 5.92 Å². The molecule has 0 fully saturated rings. The van der Waals surface area contributed by atoms with Crippen LogP contribution in [-0.2, 0) is 0 Å². The Kier molecular flexibility index (Phi) is 5.05. The van der Waals surface area contributed by atoms with Crippen LogP contribution < -0.4 is 0 Å². The summed E-state index contributed by atoms with van der Waals surface area (Å²) in [6.07, 6.45) is 0.810. The van der Waals surface area contributed by atoms with Crippen molar-refractivity contribution in [3.05, 3.63) is 82.8 Å². The first-order valence-electron chi connectivity index (χ1n) is 8.63. The van der Waals surface area contributed by atoms with Crippen LogP contribution in [-0.4, -0.2) is 16.7 Å². The molecular formula is C22H24FNO. The number of allylic oxidation sites excluding steroid dienone is 3. The van der Waals surface area contributed by atoms with Crippen LogP contribution in [0.2, 0.25) is 0 Å². The summed E-state index contributed by atoms with van der Waals surface area (Å²) in [7, 11) is 0. The van der Waals surface area contributed by atoms with Gasteiger partial charge in [0.15, 0.2) is 0 Å². The number of nitrogens with zero attached hydrogens (tertiary/aromatic N) is 1. The molecule has 2 aromatic rings. The first-order valence-corrected chi connectivity index (χ1v) is 8.63. The smallest absolute Gasteiger partial charge is 0.132 e. The number of rotatable bonds is 3. The van der Waals surface area contributed by atoms with Gasteiger partial charge in [-0.05, 0) is 43.5 Å². The molecule has 3 heteroatoms. The maximum atomic E-state index is 14.6. The molecule has 0 radical (unpaired) electrons. The minimum Gasteiger partial charge on any atom is -0.376 e. The molecule has 1 N–H and O–H groups in total. The average Bonchev–Trinajstić information content (AvgIpc) is 2.62. The maximum Gasteiger partial charge on any atom is 0.132 e. The number of aliphatic hydroxyl groups excluding tert-OH is 1. The SMILES string of the molecule is CC(C)=C1C(C)CC(c2ccccc2)=C(c2ccccc2F)N1CO. The van der Waals surface area contributed by atoms with Gasteiger partial charge in [0, 0.05) is 17.2 Å². The summed E-state index contributed by atoms with van der Waals surface area (Å²) in [6, 6.07) is 16.8. The van der Waals surface area contributed by atoms with Crippen molar-refractivity contribution in [2.45, 2.75) is 27.2 Å². The number of benzene rings is 2. The van der Waals surface area contributed by atoms with E-state index in [-0.39, 0.29) is 18.5 Å². The van der Waals surface area contributed by atoms with Gasteiger partial charge in [-0.1, -0.05) is 55.0 Å². The van der Waals surface area contributed by atoms with E-state index in [0.717, 1.165) is 34.5 Å². The van der Waals surface area contributed by atoms with E-state index in [2.05, 4.69) is 6.92 Å². The van der Waals surface area contributed by atoms with Crippen LogP contribution in [0, 0.1) is 11.7 Å². The molecule has 1 aliphatic heterocycles. The molecule has 0 bridgehead atoms. The molecule has 2 nitrogen and oxygen atoms in total. The second kappa shape index (κ2) is 7.24. The zero-order chi connectivity index (χ0) is 18.0. The van der Waals surface area contributed by atoms with Crippen LogP contribution in [0.4, 0.5) is 4.39 Å². The lowest BCUT2D eigenvalue weighted by atomic mass is 9.83. The van der Waals surface area contributed by atoms with Gasteiger partial charge in [-0.2, -0.15) is 0 Å². The fourth-order valence-corrected chi connectivity index (χ4v) is 3.81. The molecular weight excluding hydrogens is 313 g/mol. The summed E-state index contributed by atoms with van der Waals surface area (Å²) >= 11 is 0. The lowest BCUT2D eigenvalue weighted by molar-refractivity contribution is 0.173. The van der Waals surface area contributed by atoms with Crippen LogP contribution in [0.25, 0.3) is 11.3 Å². The molecule has 0 saturated heterocycles. The molecule has 2 aromatic carbocycles. The Labute approximate surface area is 148 Å². The van der Waals surface area contributed by atoms with Gasteiger partial charge in [0.1, 0.15) is 12.5 Å². The third-order valence-electron chi connectivity index (χ3n) is 4.73. The standard InChI is InChI=1S/C22H24FNO/c1-15(2)21-16(3)13-19(17-9-5-4-6-10-17)22(24(21)14-25)18-11-7-8-12-20(18)23/h4-12,16,25H,13-14H2,1-3H3. The summed E-state index contributed by atoms with van der Waals surface area (Å²) in [4.78, 5) is 1.87. The Morgan fingerprint density at radius 2 is 1.72 bits per heavy atom. The van der Waals surface area contributed by atoms with Crippen molar-refractivity contribution < 1.29 is 9.50 Å². The molecule has 25 heavy (non-hydrogen) atoms. The minimum absolute atomic E-state index is 0.176. The Balaban J connectivity index is 2.32. The van der Waals surface area contributed by atoms with E-state index in [4.69, 9.17) is 0 Å². The van der Waals surface area contributed by atoms with Crippen molar-refractivity contribution in [3.63, 3.8) is 0 Å². The molecule has 130 valence electrons. The fraction of sp³-hybridized carbons (Fsp3) is 0.273. The van der Waals surface area contributed by atoms with E-state index in [0.29, 0.717) is 5.56 Å². The number of hydrogen-bond donors (Lipinski definition) is 1. The quantitative estimate of drug-likeness (QED) is 0.824. The first kappa shape index (κ1) is 17.4. The second-order valence-electron chi connectivity index (χ2n) is 6.73. The molecule has 0 amide bonds. The minimum atomic E-state index is -0.271. The van der Waals surface area contributed by atoms with Gasteiger partial charge >= 0.3 is 0 Å². The number of halogens is 1. The van der Waals surface area contributed by atoms with Crippen molar-refractivity contribution in [1.82, 2.24) is 4.90 Å². The summed E-state index contributed by atoms with van der Waals surface area (Å²) in [6.45, 7) is 6.07. The highest BCUT2D eigenvalue weighted by Crippen LogP contribution is 2.44. The Morgan fingerprint density at radius 1 is 1.08 bits per heavy atom. The van der Waals surface area contributed by atoms with Crippen molar-refractivity contribution in [3.8, 4) is 0 Å². The van der Waals surface area contributed by atoms with E-state index in [1.807, 2.05) is 55.1 Å². The van der Waals surface area contributed by atoms with E-state index in [9.17, 15) is 9.50 Å². The first-order chi connectivity index (χ1) is 12.0. The lowest BCUT2D eigenvalue weighted by Gasteiger charge is -2.39. The second-order valence-corrected chi connectivity index (χ2v) is 6.73. The Hall–Kier alpha value is -2.39. The molecule has 1 unspecified atom stereocenters. The summed E-state index contributed by atoms with van der Waals surface area (Å²) in [5.74, 6) is -0.0186. The molecule has 1 heterocycles. The van der Waals surface area contributed by atoms with Gasteiger partial charge < -0.3 is 10.0 Å². The van der Waals surface area contributed by atoms with Crippen LogP contribution in [0.1, 0.15) is 38.3 Å². The lowest BCUT2D eigenvalue weighted by Crippen LogP contribution is -2.32. The average molecular weight is 337 g/mol. The highest BCUT2D eigenvalue weighted by Gasteiger charge is 2.31. The summed E-state index contributed by atoms with van der Waals surface area (Å²) in [5.41, 5.74) is 5.64. The van der Waals surface area contributed by atoms with Crippen LogP contribution >= 0.6 is 0 Å². The van der Waals surface area contributed by atoms with Gasteiger partial charge in [0.05, 0.1) is 5.70 Å². The van der Waals surface area contributed by atoms with Gasteiger partial charge in [-0.25, -0.2) is 4.39 Å². The molecule has 0 aromatic heterocycles. The number of aliphatic hydroxyl groups is 1. The third kappa shape index (κ3) is 3.24. The highest BCUT2D eigenvalue weighted by molar-refractivity contribution is 5.92. The molecule has 0 aliphatic carbocycles. The maximum absolute atomic E-state index is 14.6. The van der Waals surface area contributed by atoms with Gasteiger partial charge in [-0.15, -0.1) is 0 Å². The summed E-state index contributed by atoms with van der Waals surface area (Å²) in [5, 5.41) is 10.2. The summed E-state index contributed by atoms with van der Waals surface area (Å²) < 4.78 is 14.6. The number of hydrogen-bond acceptors (Lipinski definition) is 2. The predicted octanol–water partition coefficient (Wildman–Crippen LogP) is 5.28. The van der Waals surface area contributed by atoms with Crippen LogP contribution in [0.15, 0.2) is 65.9 Å². The van der Waals surface area contributed by atoms with E-state index >= 15 is 0 Å². The predicted molar refractivity (Wildman–Crippen MR) is 101 cm³/mol. The van der Waals surface area contributed by atoms with E-state index in [1.165, 1.54) is 6.07 Å². The zero-order valence-corrected chi connectivity index (χ0v) is 15.0. The monoisotopic (exact) mass is 337 g/mol. The molecule has 0 spiro atoms.